The van der Waals surface area contributed by atoms with Gasteiger partial charge in [-0.15, -0.1) is 0 Å². The van der Waals surface area contributed by atoms with Crippen LogP contribution in [-0.4, -0.2) is 72.0 Å². The van der Waals surface area contributed by atoms with E-state index in [0.29, 0.717) is 30.0 Å². The number of nitrogens with one attached hydrogen (secondary N) is 1. The molecule has 2 fully saturated rings. The Hall–Kier alpha value is -3.23. The molecule has 2 aliphatic rings. The molecule has 4 rings (SSSR count). The van der Waals surface area contributed by atoms with Crippen LogP contribution in [0.1, 0.15) is 31.0 Å². The number of Topliss-reactive ketones (excluding diaryl/α,β-unsaturated/α-hetero) is 1. The molecule has 7 nitrogen and oxygen atoms in total. The second-order valence-corrected chi connectivity index (χ2v) is 8.83. The van der Waals surface area contributed by atoms with Crippen molar-refractivity contribution in [3.63, 3.8) is 0 Å². The van der Waals surface area contributed by atoms with E-state index in [1.807, 2.05) is 13.8 Å². The number of piperazine rings is 1. The van der Waals surface area contributed by atoms with Crippen LogP contribution in [0.4, 0.5) is 4.39 Å². The van der Waals surface area contributed by atoms with Crippen molar-refractivity contribution in [1.29, 1.82) is 0 Å². The van der Waals surface area contributed by atoms with Crippen LogP contribution < -0.4 is 10.1 Å². The van der Waals surface area contributed by atoms with Crippen LogP contribution in [0.25, 0.3) is 5.76 Å². The number of amides is 1. The lowest BCUT2D eigenvalue weighted by Crippen LogP contribution is -2.46. The van der Waals surface area contributed by atoms with Gasteiger partial charge in [-0.25, -0.2) is 4.39 Å². The van der Waals surface area contributed by atoms with Crippen LogP contribution in [0, 0.1) is 5.82 Å². The Kier molecular flexibility index (Phi) is 7.29. The minimum absolute atomic E-state index is 0.000988. The molecule has 180 valence electrons. The zero-order valence-corrected chi connectivity index (χ0v) is 19.5. The predicted molar refractivity (Wildman–Crippen MR) is 127 cm³/mol. The molecule has 1 amide bonds. The number of hydrogen-bond donors (Lipinski definition) is 2. The van der Waals surface area contributed by atoms with Gasteiger partial charge in [-0.2, -0.15) is 0 Å². The molecule has 34 heavy (non-hydrogen) atoms. The van der Waals surface area contributed by atoms with Gasteiger partial charge in [0.15, 0.2) is 0 Å². The molecule has 2 saturated heterocycles. The van der Waals surface area contributed by atoms with Gasteiger partial charge in [0.1, 0.15) is 17.3 Å². The van der Waals surface area contributed by atoms with Crippen LogP contribution >= 0.6 is 0 Å². The van der Waals surface area contributed by atoms with Gasteiger partial charge in [0.05, 0.1) is 17.7 Å². The molecule has 8 heteroatoms. The highest BCUT2D eigenvalue weighted by molar-refractivity contribution is 6.46. The molecule has 1 atom stereocenters. The number of aliphatic hydroxyl groups is 1. The van der Waals surface area contributed by atoms with Crippen molar-refractivity contribution in [2.75, 3.05) is 39.3 Å². The molecule has 0 radical (unpaired) electrons. The first-order chi connectivity index (χ1) is 16.3. The number of benzene rings is 2. The second-order valence-electron chi connectivity index (χ2n) is 8.83. The number of halogens is 1. The van der Waals surface area contributed by atoms with E-state index < -0.39 is 23.5 Å². The summed E-state index contributed by atoms with van der Waals surface area (Å²) in [6, 6.07) is 11.6. The summed E-state index contributed by atoms with van der Waals surface area (Å²) in [5.74, 6) is -1.44. The fourth-order valence-corrected chi connectivity index (χ4v) is 4.41. The first-order valence-electron chi connectivity index (χ1n) is 11.6. The molecule has 2 N–H and O–H groups in total. The van der Waals surface area contributed by atoms with Crippen LogP contribution in [0.15, 0.2) is 54.1 Å². The molecule has 2 heterocycles. The molecule has 2 aliphatic heterocycles. The van der Waals surface area contributed by atoms with Gasteiger partial charge >= 0.3 is 0 Å². The third-order valence-corrected chi connectivity index (χ3v) is 6.09. The van der Waals surface area contributed by atoms with Crippen LogP contribution in [0.5, 0.6) is 5.75 Å². The molecule has 0 spiro atoms. The van der Waals surface area contributed by atoms with E-state index in [9.17, 15) is 19.1 Å². The summed E-state index contributed by atoms with van der Waals surface area (Å²) in [5.41, 5.74) is 0.986. The summed E-state index contributed by atoms with van der Waals surface area (Å²) in [7, 11) is 0. The van der Waals surface area contributed by atoms with Crippen LogP contribution in [0.2, 0.25) is 0 Å². The maximum absolute atomic E-state index is 13.6. The van der Waals surface area contributed by atoms with E-state index in [1.54, 1.807) is 36.4 Å². The highest BCUT2D eigenvalue weighted by atomic mass is 19.1. The van der Waals surface area contributed by atoms with Gasteiger partial charge in [0.2, 0.25) is 0 Å². The van der Waals surface area contributed by atoms with Gasteiger partial charge in [-0.3, -0.25) is 14.5 Å². The molecule has 0 aliphatic carbocycles. The van der Waals surface area contributed by atoms with E-state index in [-0.39, 0.29) is 17.4 Å². The minimum Gasteiger partial charge on any atom is -0.507 e. The lowest BCUT2D eigenvalue weighted by atomic mass is 9.95. The highest BCUT2D eigenvalue weighted by Gasteiger charge is 2.46. The molecular weight excluding hydrogens is 437 g/mol. The number of ether oxygens (including phenoxy) is 1. The summed E-state index contributed by atoms with van der Waals surface area (Å²) in [4.78, 5) is 29.9. The number of likely N-dealkylation sites (tertiary alicyclic amines) is 1. The SMILES string of the molecule is CC(C)Oc1ccc(/C(O)=C2\C(=O)C(=O)N(CCN3CCNCC3)[C@H]2c2ccc(F)cc2)cc1. The van der Waals surface area contributed by atoms with E-state index >= 15 is 0 Å². The number of hydrogen-bond acceptors (Lipinski definition) is 6. The summed E-state index contributed by atoms with van der Waals surface area (Å²) in [5, 5.41) is 14.4. The fraction of sp³-hybridized carbons (Fsp3) is 0.385. The predicted octanol–water partition coefficient (Wildman–Crippen LogP) is 2.94. The number of aliphatic hydroxyl groups excluding tert-OH is 1. The van der Waals surface area contributed by atoms with Crippen molar-refractivity contribution in [2.24, 2.45) is 0 Å². The Balaban J connectivity index is 1.69. The molecular formula is C26H30FN3O4. The average Bonchev–Trinajstić information content (AvgIpc) is 3.08. The van der Waals surface area contributed by atoms with Crippen molar-refractivity contribution < 1.29 is 23.8 Å². The van der Waals surface area contributed by atoms with E-state index in [0.717, 1.165) is 26.2 Å². The Morgan fingerprint density at radius 2 is 1.71 bits per heavy atom. The fourth-order valence-electron chi connectivity index (χ4n) is 4.41. The second kappa shape index (κ2) is 10.4. The standard InChI is InChI=1S/C26H30FN3O4/c1-17(2)34-21-9-5-19(6-10-21)24(31)22-23(18-3-7-20(27)8-4-18)30(26(33)25(22)32)16-15-29-13-11-28-12-14-29/h3-10,17,23,28,31H,11-16H2,1-2H3/b24-22+/t23-/m0/s1. The molecule has 2 aromatic rings. The van der Waals surface area contributed by atoms with Gasteiger partial charge in [0.25, 0.3) is 11.7 Å². The first-order valence-corrected chi connectivity index (χ1v) is 11.6. The molecule has 0 saturated carbocycles. The third-order valence-electron chi connectivity index (χ3n) is 6.09. The van der Waals surface area contributed by atoms with Gasteiger partial charge in [-0.1, -0.05) is 12.1 Å². The molecule has 0 aromatic heterocycles. The largest absolute Gasteiger partial charge is 0.507 e. The van der Waals surface area contributed by atoms with E-state index in [1.165, 1.54) is 17.0 Å². The average molecular weight is 468 g/mol. The molecule has 0 bridgehead atoms. The van der Waals surface area contributed by atoms with Gasteiger partial charge < -0.3 is 20.1 Å². The van der Waals surface area contributed by atoms with Crippen molar-refractivity contribution in [1.82, 2.24) is 15.1 Å². The lowest BCUT2D eigenvalue weighted by Gasteiger charge is -2.31. The zero-order chi connectivity index (χ0) is 24.2. The van der Waals surface area contributed by atoms with E-state index in [2.05, 4.69) is 10.2 Å². The molecule has 2 aromatic carbocycles. The van der Waals surface area contributed by atoms with E-state index in [4.69, 9.17) is 4.74 Å². The number of carbonyl (C=O) groups excluding carboxylic acids is 2. The van der Waals surface area contributed by atoms with Crippen molar-refractivity contribution in [3.8, 4) is 5.75 Å². The summed E-state index contributed by atoms with van der Waals surface area (Å²) in [6.07, 6.45) is -0.000988. The Morgan fingerprint density at radius 1 is 1.06 bits per heavy atom. The summed E-state index contributed by atoms with van der Waals surface area (Å²) >= 11 is 0. The molecule has 0 unspecified atom stereocenters. The third kappa shape index (κ3) is 5.13. The minimum atomic E-state index is -0.796. The van der Waals surface area contributed by atoms with Crippen LogP contribution in [-0.2, 0) is 9.59 Å². The first kappa shape index (κ1) is 23.9. The maximum atomic E-state index is 13.6. The smallest absolute Gasteiger partial charge is 0.295 e. The summed E-state index contributed by atoms with van der Waals surface area (Å²) in [6.45, 7) is 8.22. The Bertz CT molecular complexity index is 1060. The summed E-state index contributed by atoms with van der Waals surface area (Å²) < 4.78 is 19.3. The van der Waals surface area contributed by atoms with Crippen molar-refractivity contribution >= 4 is 17.4 Å². The topological polar surface area (TPSA) is 82.1 Å². The number of ketones is 1. The van der Waals surface area contributed by atoms with Crippen molar-refractivity contribution in [3.05, 3.63) is 71.0 Å². The Labute approximate surface area is 198 Å². The van der Waals surface area contributed by atoms with Crippen molar-refractivity contribution in [2.45, 2.75) is 26.0 Å². The number of rotatable bonds is 7. The van der Waals surface area contributed by atoms with Gasteiger partial charge in [-0.05, 0) is 55.8 Å². The van der Waals surface area contributed by atoms with Crippen LogP contribution in [0.3, 0.4) is 0 Å². The zero-order valence-electron chi connectivity index (χ0n) is 19.5. The lowest BCUT2D eigenvalue weighted by molar-refractivity contribution is -0.140. The number of carbonyl (C=O) groups is 2. The quantitative estimate of drug-likeness (QED) is 0.370. The monoisotopic (exact) mass is 467 g/mol. The normalized spacial score (nSPS) is 20.8. The maximum Gasteiger partial charge on any atom is 0.295 e. The highest BCUT2D eigenvalue weighted by Crippen LogP contribution is 2.39. The Morgan fingerprint density at radius 3 is 2.32 bits per heavy atom. The number of nitrogens with zero attached hydrogens (tertiary/aromatic N) is 2. The van der Waals surface area contributed by atoms with Gasteiger partial charge in [0, 0.05) is 44.8 Å².